The molecular weight excluding hydrogens is 299 g/mol. The number of halogens is 2. The molecule has 0 amide bonds. The van der Waals surface area contributed by atoms with Gasteiger partial charge in [0.25, 0.3) is 0 Å². The van der Waals surface area contributed by atoms with Crippen molar-refractivity contribution < 1.29 is 4.42 Å². The quantitative estimate of drug-likeness (QED) is 0.737. The van der Waals surface area contributed by atoms with Crippen molar-refractivity contribution in [2.75, 3.05) is 5.73 Å². The zero-order valence-corrected chi connectivity index (χ0v) is 11.8. The third-order valence-corrected chi connectivity index (χ3v) is 3.78. The van der Waals surface area contributed by atoms with Gasteiger partial charge in [0.1, 0.15) is 0 Å². The second kappa shape index (κ2) is 4.89. The summed E-state index contributed by atoms with van der Waals surface area (Å²) in [4.78, 5) is 11.9. The third-order valence-electron chi connectivity index (χ3n) is 3.07. The molecule has 0 unspecified atom stereocenters. The van der Waals surface area contributed by atoms with Crippen molar-refractivity contribution in [2.45, 2.75) is 6.54 Å². The molecule has 0 spiro atoms. The van der Waals surface area contributed by atoms with E-state index in [2.05, 4.69) is 0 Å². The van der Waals surface area contributed by atoms with Gasteiger partial charge >= 0.3 is 5.76 Å². The Labute approximate surface area is 124 Å². The SMILES string of the molecule is Nc1ccc2oc(=O)n(Cc3c(Cl)cccc3Cl)c2c1. The molecule has 0 saturated heterocycles. The summed E-state index contributed by atoms with van der Waals surface area (Å²) < 4.78 is 6.63. The van der Waals surface area contributed by atoms with Gasteiger partial charge in [-0.1, -0.05) is 29.3 Å². The minimum absolute atomic E-state index is 0.230. The van der Waals surface area contributed by atoms with Gasteiger partial charge in [0.2, 0.25) is 0 Å². The topological polar surface area (TPSA) is 61.2 Å². The third kappa shape index (κ3) is 2.17. The lowest BCUT2D eigenvalue weighted by molar-refractivity contribution is 0.518. The first kappa shape index (κ1) is 13.1. The number of nitrogens with two attached hydrogens (primary N) is 1. The van der Waals surface area contributed by atoms with Crippen LogP contribution in [-0.4, -0.2) is 4.57 Å². The maximum atomic E-state index is 11.9. The Hall–Kier alpha value is -1.91. The van der Waals surface area contributed by atoms with E-state index in [1.165, 1.54) is 4.57 Å². The summed E-state index contributed by atoms with van der Waals surface area (Å²) in [6.45, 7) is 0.230. The van der Waals surface area contributed by atoms with Crippen LogP contribution in [0.2, 0.25) is 10.0 Å². The van der Waals surface area contributed by atoms with Crippen LogP contribution in [0.3, 0.4) is 0 Å². The first-order chi connectivity index (χ1) is 9.56. The van der Waals surface area contributed by atoms with E-state index >= 15 is 0 Å². The summed E-state index contributed by atoms with van der Waals surface area (Å²) in [6.07, 6.45) is 0. The Morgan fingerprint density at radius 2 is 1.85 bits per heavy atom. The first-order valence-corrected chi connectivity index (χ1v) is 6.63. The molecule has 102 valence electrons. The lowest BCUT2D eigenvalue weighted by Gasteiger charge is -2.07. The highest BCUT2D eigenvalue weighted by molar-refractivity contribution is 6.36. The molecule has 4 nitrogen and oxygen atoms in total. The van der Waals surface area contributed by atoms with E-state index in [1.807, 2.05) is 0 Å². The molecule has 6 heteroatoms. The predicted molar refractivity (Wildman–Crippen MR) is 80.5 cm³/mol. The highest BCUT2D eigenvalue weighted by Gasteiger charge is 2.13. The van der Waals surface area contributed by atoms with Crippen molar-refractivity contribution in [3.05, 3.63) is 62.6 Å². The molecule has 2 aromatic carbocycles. The predicted octanol–water partition coefficient (Wildman–Crippen LogP) is 3.53. The maximum absolute atomic E-state index is 11.9. The van der Waals surface area contributed by atoms with Gasteiger partial charge in [-0.05, 0) is 30.3 Å². The summed E-state index contributed by atoms with van der Waals surface area (Å²) in [7, 11) is 0. The largest absolute Gasteiger partial charge is 0.420 e. The molecule has 0 radical (unpaired) electrons. The highest BCUT2D eigenvalue weighted by Crippen LogP contribution is 2.26. The van der Waals surface area contributed by atoms with E-state index in [0.29, 0.717) is 32.4 Å². The van der Waals surface area contributed by atoms with Crippen LogP contribution in [0, 0.1) is 0 Å². The second-order valence-corrected chi connectivity index (χ2v) is 5.20. The number of fused-ring (bicyclic) bond motifs is 1. The van der Waals surface area contributed by atoms with Gasteiger partial charge in [0.15, 0.2) is 5.58 Å². The molecule has 0 saturated carbocycles. The highest BCUT2D eigenvalue weighted by atomic mass is 35.5. The van der Waals surface area contributed by atoms with Crippen LogP contribution < -0.4 is 11.5 Å². The van der Waals surface area contributed by atoms with Crippen molar-refractivity contribution in [1.29, 1.82) is 0 Å². The minimum atomic E-state index is -0.471. The average molecular weight is 309 g/mol. The summed E-state index contributed by atoms with van der Waals surface area (Å²) in [5.74, 6) is -0.471. The fraction of sp³-hybridized carbons (Fsp3) is 0.0714. The fourth-order valence-corrected chi connectivity index (χ4v) is 2.59. The molecule has 1 aromatic heterocycles. The molecule has 3 aromatic rings. The number of aromatic nitrogens is 1. The van der Waals surface area contributed by atoms with E-state index < -0.39 is 5.76 Å². The number of anilines is 1. The Kier molecular flexibility index (Phi) is 3.20. The number of nitrogen functional groups attached to an aromatic ring is 1. The van der Waals surface area contributed by atoms with Gasteiger partial charge in [-0.3, -0.25) is 4.57 Å². The van der Waals surface area contributed by atoms with Crippen molar-refractivity contribution in [2.24, 2.45) is 0 Å². The average Bonchev–Trinajstić information content (AvgIpc) is 2.70. The minimum Gasteiger partial charge on any atom is -0.408 e. The van der Waals surface area contributed by atoms with E-state index in [4.69, 9.17) is 33.4 Å². The van der Waals surface area contributed by atoms with E-state index in [-0.39, 0.29) is 6.54 Å². The van der Waals surface area contributed by atoms with E-state index in [0.717, 1.165) is 0 Å². The van der Waals surface area contributed by atoms with Gasteiger partial charge in [-0.25, -0.2) is 4.79 Å². The Balaban J connectivity index is 2.18. The van der Waals surface area contributed by atoms with Crippen LogP contribution in [0.15, 0.2) is 45.6 Å². The van der Waals surface area contributed by atoms with Crippen LogP contribution in [0.4, 0.5) is 5.69 Å². The van der Waals surface area contributed by atoms with Gasteiger partial charge in [-0.15, -0.1) is 0 Å². The van der Waals surface area contributed by atoms with Gasteiger partial charge in [-0.2, -0.15) is 0 Å². The number of hydrogen-bond acceptors (Lipinski definition) is 3. The molecule has 0 aliphatic carbocycles. The van der Waals surface area contributed by atoms with Crippen LogP contribution in [0.1, 0.15) is 5.56 Å². The van der Waals surface area contributed by atoms with E-state index in [9.17, 15) is 4.79 Å². The number of nitrogens with zero attached hydrogens (tertiary/aromatic N) is 1. The standard InChI is InChI=1S/C14H10Cl2N2O2/c15-10-2-1-3-11(16)9(10)7-18-12-6-8(17)4-5-13(12)20-14(18)19/h1-6H,7,17H2. The summed E-state index contributed by atoms with van der Waals surface area (Å²) in [6, 6.07) is 10.2. The Morgan fingerprint density at radius 1 is 1.15 bits per heavy atom. The molecule has 20 heavy (non-hydrogen) atoms. The van der Waals surface area contributed by atoms with Crippen molar-refractivity contribution >= 4 is 40.0 Å². The summed E-state index contributed by atoms with van der Waals surface area (Å²) in [5.41, 5.74) is 8.06. The van der Waals surface area contributed by atoms with Gasteiger partial charge in [0, 0.05) is 21.3 Å². The zero-order valence-electron chi connectivity index (χ0n) is 10.3. The van der Waals surface area contributed by atoms with Crippen LogP contribution in [-0.2, 0) is 6.54 Å². The maximum Gasteiger partial charge on any atom is 0.420 e. The Bertz CT molecular complexity index is 832. The molecule has 1 heterocycles. The second-order valence-electron chi connectivity index (χ2n) is 4.38. The summed E-state index contributed by atoms with van der Waals surface area (Å²) in [5, 5.41) is 1.00. The lowest BCUT2D eigenvalue weighted by atomic mass is 10.2. The molecule has 0 fully saturated rings. The van der Waals surface area contributed by atoms with E-state index in [1.54, 1.807) is 36.4 Å². The van der Waals surface area contributed by atoms with Gasteiger partial charge in [0.05, 0.1) is 12.1 Å². The molecule has 0 aliphatic rings. The smallest absolute Gasteiger partial charge is 0.408 e. The molecule has 2 N–H and O–H groups in total. The summed E-state index contributed by atoms with van der Waals surface area (Å²) >= 11 is 12.3. The number of hydrogen-bond donors (Lipinski definition) is 1. The molecule has 0 aliphatic heterocycles. The Morgan fingerprint density at radius 3 is 2.55 bits per heavy atom. The lowest BCUT2D eigenvalue weighted by Crippen LogP contribution is -2.15. The first-order valence-electron chi connectivity index (χ1n) is 5.88. The molecule has 0 atom stereocenters. The van der Waals surface area contributed by atoms with Crippen molar-refractivity contribution in [3.63, 3.8) is 0 Å². The van der Waals surface area contributed by atoms with Crippen LogP contribution in [0.5, 0.6) is 0 Å². The fourth-order valence-electron chi connectivity index (χ4n) is 2.07. The molecular formula is C14H10Cl2N2O2. The van der Waals surface area contributed by atoms with Crippen LogP contribution in [0.25, 0.3) is 11.1 Å². The zero-order chi connectivity index (χ0) is 14.3. The molecule has 0 bridgehead atoms. The van der Waals surface area contributed by atoms with Crippen LogP contribution >= 0.6 is 23.2 Å². The number of benzene rings is 2. The van der Waals surface area contributed by atoms with Crippen molar-refractivity contribution in [1.82, 2.24) is 4.57 Å². The molecule has 3 rings (SSSR count). The van der Waals surface area contributed by atoms with Gasteiger partial charge < -0.3 is 10.2 Å². The normalized spacial score (nSPS) is 11.1. The monoisotopic (exact) mass is 308 g/mol. The number of rotatable bonds is 2. The van der Waals surface area contributed by atoms with Crippen molar-refractivity contribution in [3.8, 4) is 0 Å². The number of oxazole rings is 1.